The summed E-state index contributed by atoms with van der Waals surface area (Å²) in [5.74, 6) is 1.45. The summed E-state index contributed by atoms with van der Waals surface area (Å²) in [7, 11) is 1.63. The van der Waals surface area contributed by atoms with E-state index in [9.17, 15) is 4.79 Å². The van der Waals surface area contributed by atoms with Gasteiger partial charge in [0.25, 0.3) is 5.91 Å². The minimum Gasteiger partial charge on any atom is -0.497 e. The highest BCUT2D eigenvalue weighted by atomic mass is 16.5. The van der Waals surface area contributed by atoms with Crippen LogP contribution in [0.1, 0.15) is 29.3 Å². The third-order valence-corrected chi connectivity index (χ3v) is 3.19. The van der Waals surface area contributed by atoms with E-state index in [1.165, 1.54) is 0 Å². The normalized spacial score (nSPS) is 10.1. The van der Waals surface area contributed by atoms with E-state index in [4.69, 9.17) is 4.74 Å². The molecule has 1 heterocycles. The van der Waals surface area contributed by atoms with Gasteiger partial charge < -0.3 is 15.4 Å². The zero-order valence-corrected chi connectivity index (χ0v) is 12.9. The molecule has 1 aromatic heterocycles. The number of nitrogens with one attached hydrogen (secondary N) is 2. The minimum atomic E-state index is -0.134. The molecule has 1 aromatic carbocycles. The number of ether oxygens (including phenoxy) is 1. The van der Waals surface area contributed by atoms with Crippen molar-refractivity contribution in [3.05, 3.63) is 53.7 Å². The van der Waals surface area contributed by atoms with Crippen molar-refractivity contribution < 1.29 is 9.53 Å². The summed E-state index contributed by atoms with van der Waals surface area (Å²) >= 11 is 0. The number of benzene rings is 1. The number of methoxy groups -OCH3 is 1. The van der Waals surface area contributed by atoms with E-state index in [0.717, 1.165) is 30.1 Å². The van der Waals surface area contributed by atoms with Gasteiger partial charge in [0, 0.05) is 19.3 Å². The van der Waals surface area contributed by atoms with Gasteiger partial charge in [0.1, 0.15) is 11.6 Å². The molecule has 22 heavy (non-hydrogen) atoms. The van der Waals surface area contributed by atoms with Crippen molar-refractivity contribution in [3.8, 4) is 5.75 Å². The summed E-state index contributed by atoms with van der Waals surface area (Å²) in [5.41, 5.74) is 1.57. The molecule has 0 aliphatic rings. The fraction of sp³-hybridized carbons (Fsp3) is 0.294. The van der Waals surface area contributed by atoms with Crippen molar-refractivity contribution in [1.82, 2.24) is 10.3 Å². The van der Waals surface area contributed by atoms with Crippen molar-refractivity contribution in [2.75, 3.05) is 19.0 Å². The highest BCUT2D eigenvalue weighted by Crippen LogP contribution is 2.11. The second-order valence-electron chi connectivity index (χ2n) is 4.89. The molecule has 0 aliphatic heterocycles. The lowest BCUT2D eigenvalue weighted by molar-refractivity contribution is 0.0950. The topological polar surface area (TPSA) is 63.2 Å². The molecule has 0 saturated heterocycles. The van der Waals surface area contributed by atoms with Crippen molar-refractivity contribution in [2.24, 2.45) is 0 Å². The second kappa shape index (κ2) is 8.02. The molecule has 0 bridgehead atoms. The number of rotatable bonds is 7. The summed E-state index contributed by atoms with van der Waals surface area (Å²) in [6.45, 7) is 3.43. The average molecular weight is 299 g/mol. The van der Waals surface area contributed by atoms with Gasteiger partial charge in [-0.1, -0.05) is 19.1 Å². The van der Waals surface area contributed by atoms with Crippen molar-refractivity contribution in [3.63, 3.8) is 0 Å². The van der Waals surface area contributed by atoms with E-state index in [-0.39, 0.29) is 5.91 Å². The van der Waals surface area contributed by atoms with Gasteiger partial charge >= 0.3 is 0 Å². The van der Waals surface area contributed by atoms with Crippen molar-refractivity contribution >= 4 is 11.7 Å². The Morgan fingerprint density at radius 2 is 1.95 bits per heavy atom. The van der Waals surface area contributed by atoms with E-state index in [1.807, 2.05) is 30.3 Å². The van der Waals surface area contributed by atoms with Gasteiger partial charge in [-0.3, -0.25) is 4.79 Å². The molecule has 5 nitrogen and oxygen atoms in total. The molecule has 116 valence electrons. The van der Waals surface area contributed by atoms with Crippen molar-refractivity contribution in [2.45, 2.75) is 19.9 Å². The number of amides is 1. The van der Waals surface area contributed by atoms with Gasteiger partial charge in [-0.2, -0.15) is 0 Å². The van der Waals surface area contributed by atoms with Crippen LogP contribution in [0, 0.1) is 0 Å². The first-order valence-corrected chi connectivity index (χ1v) is 7.34. The molecular formula is C17H21N3O2. The van der Waals surface area contributed by atoms with Gasteiger partial charge in [0.05, 0.1) is 12.7 Å². The number of aromatic nitrogens is 1. The molecule has 0 saturated carbocycles. The Morgan fingerprint density at radius 1 is 1.18 bits per heavy atom. The van der Waals surface area contributed by atoms with E-state index in [0.29, 0.717) is 12.1 Å². The molecule has 2 N–H and O–H groups in total. The zero-order valence-electron chi connectivity index (χ0n) is 12.9. The fourth-order valence-corrected chi connectivity index (χ4v) is 1.91. The highest BCUT2D eigenvalue weighted by molar-refractivity contribution is 5.93. The Hall–Kier alpha value is -2.56. The lowest BCUT2D eigenvalue weighted by Crippen LogP contribution is -2.22. The number of carbonyl (C=O) groups is 1. The Bertz CT molecular complexity index is 594. The largest absolute Gasteiger partial charge is 0.497 e. The summed E-state index contributed by atoms with van der Waals surface area (Å²) in [5, 5.41) is 6.05. The van der Waals surface area contributed by atoms with Crippen LogP contribution in [-0.4, -0.2) is 24.5 Å². The zero-order chi connectivity index (χ0) is 15.8. The minimum absolute atomic E-state index is 0.134. The molecule has 5 heteroatoms. The number of pyridine rings is 1. The fourth-order valence-electron chi connectivity index (χ4n) is 1.91. The van der Waals surface area contributed by atoms with Crippen LogP contribution in [0.4, 0.5) is 5.82 Å². The van der Waals surface area contributed by atoms with Crippen LogP contribution < -0.4 is 15.4 Å². The number of hydrogen-bond acceptors (Lipinski definition) is 4. The first-order valence-electron chi connectivity index (χ1n) is 7.34. The van der Waals surface area contributed by atoms with Crippen molar-refractivity contribution in [1.29, 1.82) is 0 Å². The lowest BCUT2D eigenvalue weighted by atomic mass is 10.2. The van der Waals surface area contributed by atoms with Gasteiger partial charge in [0.2, 0.25) is 0 Å². The molecule has 0 unspecified atom stereocenters. The van der Waals surface area contributed by atoms with Crippen LogP contribution in [0.25, 0.3) is 0 Å². The third kappa shape index (κ3) is 4.48. The van der Waals surface area contributed by atoms with Gasteiger partial charge in [-0.15, -0.1) is 0 Å². The summed E-state index contributed by atoms with van der Waals surface area (Å²) < 4.78 is 5.10. The van der Waals surface area contributed by atoms with E-state index in [2.05, 4.69) is 22.5 Å². The van der Waals surface area contributed by atoms with Crippen LogP contribution in [-0.2, 0) is 6.54 Å². The predicted octanol–water partition coefficient (Wildman–Crippen LogP) is 2.84. The first-order chi connectivity index (χ1) is 10.7. The Morgan fingerprint density at radius 3 is 2.55 bits per heavy atom. The summed E-state index contributed by atoms with van der Waals surface area (Å²) in [6, 6.07) is 11.2. The number of nitrogens with zero attached hydrogens (tertiary/aromatic N) is 1. The monoisotopic (exact) mass is 299 g/mol. The first kappa shape index (κ1) is 15.8. The molecule has 2 aromatic rings. The lowest BCUT2D eigenvalue weighted by Gasteiger charge is -2.07. The Kier molecular flexibility index (Phi) is 5.77. The molecule has 0 aliphatic carbocycles. The van der Waals surface area contributed by atoms with Gasteiger partial charge in [-0.05, 0) is 36.2 Å². The van der Waals surface area contributed by atoms with Crippen LogP contribution in [0.2, 0.25) is 0 Å². The standard InChI is InChI=1S/C17H21N3O2/c1-3-10-18-16-9-6-14(12-19-16)17(21)20-11-13-4-7-15(22-2)8-5-13/h4-9,12H,3,10-11H2,1-2H3,(H,18,19)(H,20,21). The maximum Gasteiger partial charge on any atom is 0.253 e. The predicted molar refractivity (Wildman–Crippen MR) is 87.2 cm³/mol. The molecule has 0 spiro atoms. The van der Waals surface area contributed by atoms with Gasteiger partial charge in [-0.25, -0.2) is 4.98 Å². The summed E-state index contributed by atoms with van der Waals surface area (Å²) in [4.78, 5) is 16.3. The van der Waals surface area contributed by atoms with E-state index >= 15 is 0 Å². The molecular weight excluding hydrogens is 278 g/mol. The SMILES string of the molecule is CCCNc1ccc(C(=O)NCc2ccc(OC)cc2)cn1. The molecule has 1 amide bonds. The van der Waals surface area contributed by atoms with E-state index < -0.39 is 0 Å². The third-order valence-electron chi connectivity index (χ3n) is 3.19. The average Bonchev–Trinajstić information content (AvgIpc) is 2.58. The van der Waals surface area contributed by atoms with Crippen LogP contribution in [0.5, 0.6) is 5.75 Å². The Labute approximate surface area is 130 Å². The second-order valence-corrected chi connectivity index (χ2v) is 4.89. The molecule has 0 radical (unpaired) electrons. The smallest absolute Gasteiger partial charge is 0.253 e. The van der Waals surface area contributed by atoms with Crippen LogP contribution >= 0.6 is 0 Å². The Balaban J connectivity index is 1.88. The molecule has 0 fully saturated rings. The van der Waals surface area contributed by atoms with Gasteiger partial charge in [0.15, 0.2) is 0 Å². The number of carbonyl (C=O) groups excluding carboxylic acids is 1. The van der Waals surface area contributed by atoms with Crippen LogP contribution in [0.15, 0.2) is 42.6 Å². The number of anilines is 1. The molecule has 2 rings (SSSR count). The maximum atomic E-state index is 12.1. The quantitative estimate of drug-likeness (QED) is 0.825. The van der Waals surface area contributed by atoms with E-state index in [1.54, 1.807) is 19.4 Å². The molecule has 0 atom stereocenters. The van der Waals surface area contributed by atoms with Crippen LogP contribution in [0.3, 0.4) is 0 Å². The maximum absolute atomic E-state index is 12.1. The summed E-state index contributed by atoms with van der Waals surface area (Å²) in [6.07, 6.45) is 2.62. The number of hydrogen-bond donors (Lipinski definition) is 2. The highest BCUT2D eigenvalue weighted by Gasteiger charge is 2.06.